The molecule has 0 aromatic carbocycles. The first kappa shape index (κ1) is 12.0. The summed E-state index contributed by atoms with van der Waals surface area (Å²) in [7, 11) is 0. The van der Waals surface area contributed by atoms with Crippen LogP contribution in [0.5, 0.6) is 0 Å². The van der Waals surface area contributed by atoms with Gasteiger partial charge in [0.2, 0.25) is 0 Å². The monoisotopic (exact) mass is 232 g/mol. The summed E-state index contributed by atoms with van der Waals surface area (Å²) in [4.78, 5) is 0. The lowest BCUT2D eigenvalue weighted by Gasteiger charge is -2.31. The molecular weight excluding hydrogens is 216 g/mol. The van der Waals surface area contributed by atoms with Crippen LogP contribution in [-0.4, -0.2) is 54.0 Å². The van der Waals surface area contributed by atoms with E-state index in [1.165, 1.54) is 0 Å². The van der Waals surface area contributed by atoms with Crippen molar-refractivity contribution in [2.75, 3.05) is 13.2 Å². The maximum Gasteiger partial charge on any atom is 0.283 e. The van der Waals surface area contributed by atoms with E-state index in [0.717, 1.165) is 0 Å². The molecule has 0 aromatic heterocycles. The Kier molecular flexibility index (Phi) is 3.29. The van der Waals surface area contributed by atoms with Gasteiger partial charge in [-0.1, -0.05) is 6.08 Å². The molecule has 16 heavy (non-hydrogen) atoms. The lowest BCUT2D eigenvalue weighted by Crippen LogP contribution is -2.51. The van der Waals surface area contributed by atoms with Gasteiger partial charge in [0.15, 0.2) is 6.29 Å². The molecule has 2 N–H and O–H groups in total. The number of aliphatic hydroxyl groups excluding tert-OH is 2. The van der Waals surface area contributed by atoms with E-state index in [-0.39, 0.29) is 13.2 Å². The summed E-state index contributed by atoms with van der Waals surface area (Å²) in [6.45, 7) is 5.37. The highest BCUT2D eigenvalue weighted by Gasteiger charge is 2.53. The molecule has 2 aliphatic heterocycles. The normalized spacial score (nSPS) is 47.7. The second kappa shape index (κ2) is 4.40. The highest BCUT2D eigenvalue weighted by Crippen LogP contribution is 2.35. The van der Waals surface area contributed by atoms with Gasteiger partial charge in [-0.2, -0.15) is 0 Å². The van der Waals surface area contributed by atoms with E-state index >= 15 is 0 Å². The predicted molar refractivity (Wildman–Crippen MR) is 52.3 cm³/mol. The summed E-state index contributed by atoms with van der Waals surface area (Å²) in [5, 5.41) is 19.1. The Morgan fingerprint density at radius 1 is 1.50 bits per heavy atom. The van der Waals surface area contributed by atoms with Crippen LogP contribution in [0.1, 0.15) is 6.92 Å². The van der Waals surface area contributed by atoms with Crippen LogP contribution >= 0.6 is 0 Å². The molecule has 2 aliphatic rings. The second-order valence-corrected chi connectivity index (χ2v) is 3.92. The summed E-state index contributed by atoms with van der Waals surface area (Å²) < 4.78 is 21.3. The zero-order chi connectivity index (χ0) is 11.8. The molecule has 0 saturated carbocycles. The Hall–Kier alpha value is -0.500. The first-order valence-electron chi connectivity index (χ1n) is 5.14. The summed E-state index contributed by atoms with van der Waals surface area (Å²) in [6.07, 6.45) is -1.89. The smallest absolute Gasteiger partial charge is 0.283 e. The lowest BCUT2D eigenvalue weighted by atomic mass is 10.1. The Bertz CT molecular complexity index is 270. The lowest BCUT2D eigenvalue weighted by molar-refractivity contribution is -0.337. The van der Waals surface area contributed by atoms with Crippen LogP contribution < -0.4 is 0 Å². The molecule has 92 valence electrons. The summed E-state index contributed by atoms with van der Waals surface area (Å²) in [6, 6.07) is 0. The average molecular weight is 232 g/mol. The molecule has 0 aliphatic carbocycles. The van der Waals surface area contributed by atoms with E-state index in [0.29, 0.717) is 0 Å². The highest BCUT2D eigenvalue weighted by molar-refractivity contribution is 4.88. The van der Waals surface area contributed by atoms with Gasteiger partial charge in [0, 0.05) is 6.92 Å². The number of aliphatic hydroxyl groups is 2. The quantitative estimate of drug-likeness (QED) is 0.630. The largest absolute Gasteiger partial charge is 0.388 e. The SMILES string of the molecule is C=CCOC1(C)O[C@H]2OC[C@@H](O)[C@H](O)[C@H]2O1. The fraction of sp³-hybridized carbons (Fsp3) is 0.800. The number of hydrogen-bond donors (Lipinski definition) is 2. The van der Waals surface area contributed by atoms with Crippen LogP contribution in [0.25, 0.3) is 0 Å². The standard InChI is InChI=1S/C10H16O6/c1-3-4-14-10(2)15-8-7(12)6(11)5-13-9(8)16-10/h3,6-9,11-12H,1,4-5H2,2H3/t6-,7+,8-,9-,10?/m1/s1. The minimum absolute atomic E-state index is 0.0171. The fourth-order valence-electron chi connectivity index (χ4n) is 1.76. The van der Waals surface area contributed by atoms with Crippen LogP contribution in [0.2, 0.25) is 0 Å². The molecule has 0 spiro atoms. The third kappa shape index (κ3) is 2.13. The molecular formula is C10H16O6. The Morgan fingerprint density at radius 3 is 2.94 bits per heavy atom. The van der Waals surface area contributed by atoms with E-state index in [9.17, 15) is 10.2 Å². The molecule has 6 nitrogen and oxygen atoms in total. The number of ether oxygens (including phenoxy) is 4. The van der Waals surface area contributed by atoms with Gasteiger partial charge in [0.25, 0.3) is 5.97 Å². The molecule has 2 heterocycles. The van der Waals surface area contributed by atoms with E-state index in [4.69, 9.17) is 18.9 Å². The van der Waals surface area contributed by atoms with Gasteiger partial charge in [0.1, 0.15) is 18.3 Å². The molecule has 2 fully saturated rings. The molecule has 0 radical (unpaired) electrons. The molecule has 2 saturated heterocycles. The van der Waals surface area contributed by atoms with E-state index < -0.39 is 30.6 Å². The van der Waals surface area contributed by atoms with Crippen LogP contribution in [0.3, 0.4) is 0 Å². The highest BCUT2D eigenvalue weighted by atomic mass is 16.9. The van der Waals surface area contributed by atoms with Crippen LogP contribution in [-0.2, 0) is 18.9 Å². The average Bonchev–Trinajstić information content (AvgIpc) is 2.60. The predicted octanol–water partition coefficient (Wildman–Crippen LogP) is -0.644. The summed E-state index contributed by atoms with van der Waals surface area (Å²) in [5.74, 6) is -1.27. The Balaban J connectivity index is 2.02. The molecule has 5 atom stereocenters. The Morgan fingerprint density at radius 2 is 2.25 bits per heavy atom. The van der Waals surface area contributed by atoms with Gasteiger partial charge in [-0.05, 0) is 0 Å². The molecule has 0 amide bonds. The Labute approximate surface area is 93.4 Å². The van der Waals surface area contributed by atoms with Gasteiger partial charge in [0.05, 0.1) is 13.2 Å². The summed E-state index contributed by atoms with van der Waals surface area (Å²) >= 11 is 0. The number of hydrogen-bond acceptors (Lipinski definition) is 6. The fourth-order valence-corrected chi connectivity index (χ4v) is 1.76. The van der Waals surface area contributed by atoms with Crippen molar-refractivity contribution in [2.45, 2.75) is 37.5 Å². The zero-order valence-corrected chi connectivity index (χ0v) is 9.04. The molecule has 2 rings (SSSR count). The van der Waals surface area contributed by atoms with Gasteiger partial charge in [-0.15, -0.1) is 6.58 Å². The van der Waals surface area contributed by atoms with Crippen molar-refractivity contribution < 1.29 is 29.2 Å². The molecule has 6 heteroatoms. The van der Waals surface area contributed by atoms with Crippen molar-refractivity contribution in [1.82, 2.24) is 0 Å². The van der Waals surface area contributed by atoms with Gasteiger partial charge < -0.3 is 24.4 Å². The first-order valence-corrected chi connectivity index (χ1v) is 5.14. The van der Waals surface area contributed by atoms with Gasteiger partial charge in [-0.3, -0.25) is 4.74 Å². The molecule has 0 bridgehead atoms. The maximum absolute atomic E-state index is 9.69. The number of fused-ring (bicyclic) bond motifs is 1. The summed E-state index contributed by atoms with van der Waals surface area (Å²) in [5.41, 5.74) is 0. The van der Waals surface area contributed by atoms with E-state index in [2.05, 4.69) is 6.58 Å². The van der Waals surface area contributed by atoms with Crippen molar-refractivity contribution >= 4 is 0 Å². The van der Waals surface area contributed by atoms with Gasteiger partial charge in [-0.25, -0.2) is 0 Å². The maximum atomic E-state index is 9.69. The van der Waals surface area contributed by atoms with Crippen LogP contribution in [0, 0.1) is 0 Å². The first-order chi connectivity index (χ1) is 7.56. The van der Waals surface area contributed by atoms with Crippen molar-refractivity contribution in [2.24, 2.45) is 0 Å². The minimum atomic E-state index is -1.27. The van der Waals surface area contributed by atoms with Crippen molar-refractivity contribution in [3.05, 3.63) is 12.7 Å². The molecule has 1 unspecified atom stereocenters. The minimum Gasteiger partial charge on any atom is -0.388 e. The van der Waals surface area contributed by atoms with Crippen molar-refractivity contribution in [3.63, 3.8) is 0 Å². The van der Waals surface area contributed by atoms with Crippen molar-refractivity contribution in [3.8, 4) is 0 Å². The van der Waals surface area contributed by atoms with Crippen LogP contribution in [0.15, 0.2) is 12.7 Å². The van der Waals surface area contributed by atoms with Crippen LogP contribution in [0.4, 0.5) is 0 Å². The second-order valence-electron chi connectivity index (χ2n) is 3.92. The third-order valence-electron chi connectivity index (χ3n) is 2.57. The van der Waals surface area contributed by atoms with E-state index in [1.807, 2.05) is 0 Å². The third-order valence-corrected chi connectivity index (χ3v) is 2.57. The topological polar surface area (TPSA) is 77.4 Å². The zero-order valence-electron chi connectivity index (χ0n) is 9.04. The van der Waals surface area contributed by atoms with E-state index in [1.54, 1.807) is 13.0 Å². The van der Waals surface area contributed by atoms with Crippen molar-refractivity contribution in [1.29, 1.82) is 0 Å². The number of rotatable bonds is 3. The molecule has 0 aromatic rings. The van der Waals surface area contributed by atoms with Gasteiger partial charge >= 0.3 is 0 Å².